The SMILES string of the molecule is C.C.CC.CC(C)C1CCCC(C(C)C)C1. The molecule has 0 aromatic rings. The summed E-state index contributed by atoms with van der Waals surface area (Å²) in [7, 11) is 0. The van der Waals surface area contributed by atoms with Gasteiger partial charge in [0.1, 0.15) is 0 Å². The third-order valence-corrected chi connectivity index (χ3v) is 3.64. The minimum atomic E-state index is 0. The lowest BCUT2D eigenvalue weighted by Crippen LogP contribution is -2.22. The minimum Gasteiger partial charge on any atom is -0.0776 e. The van der Waals surface area contributed by atoms with E-state index in [1.807, 2.05) is 13.8 Å². The molecular weight excluding hydrogens is 192 g/mol. The molecule has 2 atom stereocenters. The molecule has 0 radical (unpaired) electrons. The number of hydrogen-bond donors (Lipinski definition) is 0. The Morgan fingerprint density at radius 3 is 1.31 bits per heavy atom. The molecule has 0 spiro atoms. The normalized spacial score (nSPS) is 24.0. The van der Waals surface area contributed by atoms with Crippen LogP contribution in [0.5, 0.6) is 0 Å². The first-order chi connectivity index (χ1) is 6.61. The molecule has 0 aromatic heterocycles. The van der Waals surface area contributed by atoms with Gasteiger partial charge in [-0.25, -0.2) is 0 Å². The van der Waals surface area contributed by atoms with E-state index in [9.17, 15) is 0 Å². The van der Waals surface area contributed by atoms with Crippen molar-refractivity contribution in [3.63, 3.8) is 0 Å². The van der Waals surface area contributed by atoms with E-state index >= 15 is 0 Å². The highest BCUT2D eigenvalue weighted by Gasteiger charge is 2.25. The second-order valence-electron chi connectivity index (χ2n) is 5.17. The molecule has 1 fully saturated rings. The Labute approximate surface area is 106 Å². The Balaban J connectivity index is -0.000000399. The summed E-state index contributed by atoms with van der Waals surface area (Å²) in [5, 5.41) is 0. The van der Waals surface area contributed by atoms with Gasteiger partial charge in [0.05, 0.1) is 0 Å². The van der Waals surface area contributed by atoms with E-state index in [-0.39, 0.29) is 14.9 Å². The molecule has 102 valence electrons. The Morgan fingerprint density at radius 2 is 1.06 bits per heavy atom. The molecule has 2 unspecified atom stereocenters. The molecule has 0 N–H and O–H groups in total. The van der Waals surface area contributed by atoms with Crippen molar-refractivity contribution in [3.8, 4) is 0 Å². The fraction of sp³-hybridized carbons (Fsp3) is 1.00. The highest BCUT2D eigenvalue weighted by Crippen LogP contribution is 2.36. The van der Waals surface area contributed by atoms with Crippen molar-refractivity contribution < 1.29 is 0 Å². The monoisotopic (exact) mass is 230 g/mol. The van der Waals surface area contributed by atoms with Crippen LogP contribution in [0.25, 0.3) is 0 Å². The zero-order valence-corrected chi connectivity index (χ0v) is 11.1. The van der Waals surface area contributed by atoms with Crippen LogP contribution in [-0.2, 0) is 0 Å². The first-order valence-electron chi connectivity index (χ1n) is 6.61. The van der Waals surface area contributed by atoms with E-state index in [0.29, 0.717) is 0 Å². The van der Waals surface area contributed by atoms with Crippen LogP contribution in [-0.4, -0.2) is 0 Å². The molecule has 1 aliphatic carbocycles. The molecule has 0 nitrogen and oxygen atoms in total. The average molecular weight is 230 g/mol. The Bertz CT molecular complexity index is 110. The first-order valence-corrected chi connectivity index (χ1v) is 6.61. The smallest absolute Gasteiger partial charge is 0.0388 e. The third kappa shape index (κ3) is 7.30. The van der Waals surface area contributed by atoms with Gasteiger partial charge in [-0.2, -0.15) is 0 Å². The fourth-order valence-corrected chi connectivity index (χ4v) is 2.48. The van der Waals surface area contributed by atoms with Crippen LogP contribution in [0.1, 0.15) is 82.1 Å². The van der Waals surface area contributed by atoms with Gasteiger partial charge in [0.25, 0.3) is 0 Å². The fourth-order valence-electron chi connectivity index (χ4n) is 2.48. The molecule has 0 aliphatic heterocycles. The lowest BCUT2D eigenvalue weighted by atomic mass is 9.72. The van der Waals surface area contributed by atoms with Crippen LogP contribution in [0.3, 0.4) is 0 Å². The van der Waals surface area contributed by atoms with Crippen LogP contribution < -0.4 is 0 Å². The van der Waals surface area contributed by atoms with Crippen molar-refractivity contribution in [2.45, 2.75) is 82.1 Å². The van der Waals surface area contributed by atoms with Gasteiger partial charge in [0, 0.05) is 0 Å². The van der Waals surface area contributed by atoms with Gasteiger partial charge in [-0.15, -0.1) is 0 Å². The molecule has 1 rings (SSSR count). The predicted molar refractivity (Wildman–Crippen MR) is 79.9 cm³/mol. The second kappa shape index (κ2) is 11.5. The number of rotatable bonds is 2. The highest BCUT2D eigenvalue weighted by molar-refractivity contribution is 4.76. The second-order valence-corrected chi connectivity index (χ2v) is 5.17. The molecule has 1 aliphatic rings. The lowest BCUT2D eigenvalue weighted by molar-refractivity contribution is 0.177. The minimum absolute atomic E-state index is 0. The average Bonchev–Trinajstić information content (AvgIpc) is 2.21. The topological polar surface area (TPSA) is 0 Å². The molecule has 0 amide bonds. The molecule has 0 bridgehead atoms. The maximum absolute atomic E-state index is 2.38. The molecule has 1 saturated carbocycles. The molecule has 0 saturated heterocycles. The van der Waals surface area contributed by atoms with Crippen LogP contribution in [0.15, 0.2) is 0 Å². The molecule has 0 heterocycles. The van der Waals surface area contributed by atoms with Crippen molar-refractivity contribution >= 4 is 0 Å². The van der Waals surface area contributed by atoms with Crippen LogP contribution in [0, 0.1) is 23.7 Å². The van der Waals surface area contributed by atoms with Crippen molar-refractivity contribution in [3.05, 3.63) is 0 Å². The van der Waals surface area contributed by atoms with Crippen molar-refractivity contribution in [1.29, 1.82) is 0 Å². The molecule has 0 aromatic carbocycles. The van der Waals surface area contributed by atoms with Crippen molar-refractivity contribution in [2.75, 3.05) is 0 Å². The summed E-state index contributed by atoms with van der Waals surface area (Å²) < 4.78 is 0. The van der Waals surface area contributed by atoms with E-state index in [0.717, 1.165) is 23.7 Å². The summed E-state index contributed by atoms with van der Waals surface area (Å²) in [5.74, 6) is 3.86. The Morgan fingerprint density at radius 1 is 0.750 bits per heavy atom. The van der Waals surface area contributed by atoms with Gasteiger partial charge >= 0.3 is 0 Å². The summed E-state index contributed by atoms with van der Waals surface area (Å²) >= 11 is 0. The lowest BCUT2D eigenvalue weighted by Gasteiger charge is -2.33. The quantitative estimate of drug-likeness (QED) is 0.514. The number of hydrogen-bond acceptors (Lipinski definition) is 0. The van der Waals surface area contributed by atoms with Crippen LogP contribution in [0.2, 0.25) is 0 Å². The van der Waals surface area contributed by atoms with E-state index in [1.165, 1.54) is 25.7 Å². The Kier molecular flexibility index (Phi) is 15.3. The predicted octanol–water partition coefficient (Wildman–Crippen LogP) is 6.40. The van der Waals surface area contributed by atoms with E-state index in [2.05, 4.69) is 27.7 Å². The maximum atomic E-state index is 2.38. The summed E-state index contributed by atoms with van der Waals surface area (Å²) in [6.07, 6.45) is 5.95. The van der Waals surface area contributed by atoms with E-state index in [4.69, 9.17) is 0 Å². The molecular formula is C16H38. The van der Waals surface area contributed by atoms with E-state index < -0.39 is 0 Å². The van der Waals surface area contributed by atoms with Gasteiger partial charge in [-0.3, -0.25) is 0 Å². The van der Waals surface area contributed by atoms with Gasteiger partial charge in [-0.1, -0.05) is 75.7 Å². The van der Waals surface area contributed by atoms with Gasteiger partial charge in [0.15, 0.2) is 0 Å². The summed E-state index contributed by atoms with van der Waals surface area (Å²) in [5.41, 5.74) is 0. The van der Waals surface area contributed by atoms with Gasteiger partial charge in [-0.05, 0) is 30.1 Å². The zero-order valence-electron chi connectivity index (χ0n) is 11.1. The standard InChI is InChI=1S/C12H24.C2H6.2CH4/c1-9(2)11-6-5-7-12(8-11)10(3)4;1-2;;/h9-12H,5-8H2,1-4H3;1-2H3;2*1H4. The van der Waals surface area contributed by atoms with Gasteiger partial charge < -0.3 is 0 Å². The summed E-state index contributed by atoms with van der Waals surface area (Å²) in [6, 6.07) is 0. The first kappa shape index (κ1) is 21.3. The zero-order chi connectivity index (χ0) is 11.1. The van der Waals surface area contributed by atoms with Crippen LogP contribution >= 0.6 is 0 Å². The molecule has 0 heteroatoms. The third-order valence-electron chi connectivity index (χ3n) is 3.64. The summed E-state index contributed by atoms with van der Waals surface area (Å²) in [4.78, 5) is 0. The van der Waals surface area contributed by atoms with Crippen LogP contribution in [0.4, 0.5) is 0 Å². The summed E-state index contributed by atoms with van der Waals surface area (Å²) in [6.45, 7) is 13.5. The van der Waals surface area contributed by atoms with E-state index in [1.54, 1.807) is 0 Å². The highest BCUT2D eigenvalue weighted by atomic mass is 14.3. The Hall–Kier alpha value is 0. The molecule has 16 heavy (non-hydrogen) atoms. The van der Waals surface area contributed by atoms with Crippen molar-refractivity contribution in [1.82, 2.24) is 0 Å². The largest absolute Gasteiger partial charge is 0.0776 e. The maximum Gasteiger partial charge on any atom is -0.0388 e. The van der Waals surface area contributed by atoms with Gasteiger partial charge in [0.2, 0.25) is 0 Å². The van der Waals surface area contributed by atoms with Crippen molar-refractivity contribution in [2.24, 2.45) is 23.7 Å².